The third-order valence-corrected chi connectivity index (χ3v) is 7.94. The summed E-state index contributed by atoms with van der Waals surface area (Å²) in [6, 6.07) is 5.22. The number of aromatic nitrogens is 2. The van der Waals surface area contributed by atoms with Gasteiger partial charge in [0.25, 0.3) is 0 Å². The third-order valence-electron chi connectivity index (χ3n) is 7.94. The highest BCUT2D eigenvalue weighted by atomic mass is 19.4. The van der Waals surface area contributed by atoms with Crippen LogP contribution in [0.5, 0.6) is 0 Å². The smallest absolute Gasteiger partial charge is 0.416 e. The number of hydrogen-bond acceptors (Lipinski definition) is 6. The van der Waals surface area contributed by atoms with Crippen molar-refractivity contribution in [2.24, 2.45) is 13.0 Å². The molecule has 1 aliphatic carbocycles. The summed E-state index contributed by atoms with van der Waals surface area (Å²) in [4.78, 5) is 54.9. The lowest BCUT2D eigenvalue weighted by atomic mass is 9.98. The molecule has 0 radical (unpaired) electrons. The number of imidazole rings is 1. The van der Waals surface area contributed by atoms with E-state index in [4.69, 9.17) is 4.74 Å². The molecule has 1 aromatic heterocycles. The van der Waals surface area contributed by atoms with E-state index < -0.39 is 72.7 Å². The number of carbonyl (C=O) groups is 3. The molecule has 3 atom stereocenters. The summed E-state index contributed by atoms with van der Waals surface area (Å²) in [5.74, 6) is -3.51. The van der Waals surface area contributed by atoms with Gasteiger partial charge in [0.05, 0.1) is 42.3 Å². The summed E-state index contributed by atoms with van der Waals surface area (Å²) in [5, 5.41) is 9.65. The fourth-order valence-corrected chi connectivity index (χ4v) is 5.84. The highest BCUT2D eigenvalue weighted by Crippen LogP contribution is 2.44. The standard InChI is InChI=1S/C28H26F6N4O6/c1-3-44-24(41)17-12-36(14-7-9-20-21(11-14)37(25(42)35(20)2)13-22(39)28(32,33)34)26(43)38(23(17)40)19-10-8-15-16(19)5-4-6-18(15)27(29,30)31/h4-7,9,11,17,19,22,39H,3,8,10,12-13H2,1-2H3/t17?,19-,22?/m1/s1. The zero-order valence-corrected chi connectivity index (χ0v) is 23.3. The van der Waals surface area contributed by atoms with E-state index in [1.807, 2.05) is 0 Å². The number of aryl methyl sites for hydroxylation is 1. The van der Waals surface area contributed by atoms with Crippen molar-refractivity contribution in [3.8, 4) is 0 Å². The van der Waals surface area contributed by atoms with Gasteiger partial charge in [-0.3, -0.25) is 28.5 Å². The Morgan fingerprint density at radius 1 is 1.07 bits per heavy atom. The molecule has 1 fully saturated rings. The Hall–Kier alpha value is -4.34. The number of ether oxygens (including phenoxy) is 1. The number of anilines is 1. The Labute approximate surface area is 245 Å². The van der Waals surface area contributed by atoms with Gasteiger partial charge in [-0.05, 0) is 55.2 Å². The largest absolute Gasteiger partial charge is 0.465 e. The molecule has 2 heterocycles. The summed E-state index contributed by atoms with van der Waals surface area (Å²) in [7, 11) is 1.30. The monoisotopic (exact) mass is 628 g/mol. The molecule has 2 aliphatic rings. The number of aliphatic hydroxyl groups is 1. The molecule has 1 saturated heterocycles. The van der Waals surface area contributed by atoms with Gasteiger partial charge >= 0.3 is 30.0 Å². The van der Waals surface area contributed by atoms with Gasteiger partial charge in [-0.1, -0.05) is 12.1 Å². The average molecular weight is 629 g/mol. The average Bonchev–Trinajstić information content (AvgIpc) is 3.47. The number of halogens is 6. The Kier molecular flexibility index (Phi) is 7.76. The molecular formula is C28H26F6N4O6. The van der Waals surface area contributed by atoms with Crippen LogP contribution in [-0.2, 0) is 40.5 Å². The van der Waals surface area contributed by atoms with Crippen LogP contribution in [0.3, 0.4) is 0 Å². The molecule has 2 aromatic carbocycles. The topological polar surface area (TPSA) is 114 Å². The van der Waals surface area contributed by atoms with Crippen LogP contribution in [0.1, 0.15) is 36.1 Å². The molecule has 10 nitrogen and oxygen atoms in total. The Balaban J connectivity index is 1.60. The van der Waals surface area contributed by atoms with Crippen LogP contribution in [0.15, 0.2) is 41.2 Å². The van der Waals surface area contributed by atoms with Gasteiger partial charge in [0.1, 0.15) is 0 Å². The zero-order chi connectivity index (χ0) is 32.3. The van der Waals surface area contributed by atoms with Crippen molar-refractivity contribution >= 4 is 34.6 Å². The van der Waals surface area contributed by atoms with Crippen LogP contribution in [0, 0.1) is 5.92 Å². The predicted octanol–water partition coefficient (Wildman–Crippen LogP) is 3.92. The summed E-state index contributed by atoms with van der Waals surface area (Å²) in [5.41, 5.74) is -1.69. The van der Waals surface area contributed by atoms with Crippen LogP contribution in [0.4, 0.5) is 36.8 Å². The first-order valence-electron chi connectivity index (χ1n) is 13.5. The molecule has 5 rings (SSSR count). The number of aliphatic hydroxyl groups excluding tert-OH is 1. The van der Waals surface area contributed by atoms with E-state index in [0.717, 1.165) is 26.5 Å². The van der Waals surface area contributed by atoms with Crippen LogP contribution >= 0.6 is 0 Å². The Morgan fingerprint density at radius 2 is 1.77 bits per heavy atom. The first-order valence-corrected chi connectivity index (χ1v) is 13.5. The normalized spacial score (nSPS) is 19.9. The van der Waals surface area contributed by atoms with Gasteiger partial charge in [-0.2, -0.15) is 26.3 Å². The molecule has 236 valence electrons. The molecule has 0 bridgehead atoms. The van der Waals surface area contributed by atoms with Crippen molar-refractivity contribution in [2.45, 2.75) is 50.8 Å². The van der Waals surface area contributed by atoms with Crippen molar-refractivity contribution < 1.29 is 50.6 Å². The van der Waals surface area contributed by atoms with Crippen molar-refractivity contribution in [1.82, 2.24) is 14.0 Å². The molecule has 3 amide bonds. The van der Waals surface area contributed by atoms with E-state index in [1.54, 1.807) is 0 Å². The molecule has 1 aliphatic heterocycles. The Morgan fingerprint density at radius 3 is 2.41 bits per heavy atom. The molecule has 1 N–H and O–H groups in total. The summed E-state index contributed by atoms with van der Waals surface area (Å²) < 4.78 is 87.3. The number of nitrogens with zero attached hydrogens (tertiary/aromatic N) is 4. The highest BCUT2D eigenvalue weighted by molar-refractivity contribution is 6.13. The number of amides is 3. The van der Waals surface area contributed by atoms with E-state index >= 15 is 0 Å². The second-order valence-electron chi connectivity index (χ2n) is 10.5. The van der Waals surface area contributed by atoms with Crippen LogP contribution < -0.4 is 10.6 Å². The number of urea groups is 1. The van der Waals surface area contributed by atoms with Crippen LogP contribution in [0.2, 0.25) is 0 Å². The van der Waals surface area contributed by atoms with E-state index in [1.165, 1.54) is 38.2 Å². The molecule has 2 unspecified atom stereocenters. The molecule has 3 aromatic rings. The minimum atomic E-state index is -5.03. The minimum absolute atomic E-state index is 0.0163. The maximum Gasteiger partial charge on any atom is 0.416 e. The highest BCUT2D eigenvalue weighted by Gasteiger charge is 2.49. The van der Waals surface area contributed by atoms with Crippen LogP contribution in [0.25, 0.3) is 11.0 Å². The number of carbonyl (C=O) groups excluding carboxylic acids is 3. The maximum atomic E-state index is 13.9. The molecule has 0 spiro atoms. The number of benzene rings is 2. The lowest BCUT2D eigenvalue weighted by Crippen LogP contribution is -2.59. The first kappa shape index (κ1) is 31.1. The molecule has 0 saturated carbocycles. The maximum absolute atomic E-state index is 13.9. The van der Waals surface area contributed by atoms with Crippen LogP contribution in [-0.4, -0.2) is 62.5 Å². The van der Waals surface area contributed by atoms with Gasteiger partial charge in [-0.15, -0.1) is 0 Å². The summed E-state index contributed by atoms with van der Waals surface area (Å²) in [6.07, 6.45) is -12.7. The Bertz CT molecular complexity index is 1710. The van der Waals surface area contributed by atoms with E-state index in [0.29, 0.717) is 4.57 Å². The number of rotatable bonds is 6. The SMILES string of the molecule is CCOC(=O)C1CN(c2ccc3c(c2)n(CC(O)C(F)(F)F)c(=O)n3C)C(=O)N([C@@H]2CCc3c2cccc3C(F)(F)F)C1=O. The second kappa shape index (κ2) is 11.0. The zero-order valence-electron chi connectivity index (χ0n) is 23.3. The predicted molar refractivity (Wildman–Crippen MR) is 141 cm³/mol. The lowest BCUT2D eigenvalue weighted by molar-refractivity contribution is -0.207. The van der Waals surface area contributed by atoms with Crippen molar-refractivity contribution in [2.75, 3.05) is 18.1 Å². The molecule has 16 heteroatoms. The molecular weight excluding hydrogens is 602 g/mol. The number of imide groups is 1. The number of fused-ring (bicyclic) bond motifs is 2. The molecule has 44 heavy (non-hydrogen) atoms. The third kappa shape index (κ3) is 5.20. The van der Waals surface area contributed by atoms with Gasteiger partial charge in [0.2, 0.25) is 5.91 Å². The number of esters is 1. The van der Waals surface area contributed by atoms with Gasteiger partial charge in [-0.25, -0.2) is 9.59 Å². The van der Waals surface area contributed by atoms with Gasteiger partial charge < -0.3 is 9.84 Å². The van der Waals surface area contributed by atoms with E-state index in [2.05, 4.69) is 0 Å². The van der Waals surface area contributed by atoms with Crippen molar-refractivity contribution in [3.63, 3.8) is 0 Å². The minimum Gasteiger partial charge on any atom is -0.465 e. The fraction of sp³-hybridized carbons (Fsp3) is 0.429. The lowest BCUT2D eigenvalue weighted by Gasteiger charge is -2.40. The van der Waals surface area contributed by atoms with Gasteiger partial charge in [0, 0.05) is 12.7 Å². The second-order valence-corrected chi connectivity index (χ2v) is 10.5. The number of hydrogen-bond donors (Lipinski definition) is 1. The van der Waals surface area contributed by atoms with Gasteiger partial charge in [0.15, 0.2) is 12.0 Å². The summed E-state index contributed by atoms with van der Waals surface area (Å²) >= 11 is 0. The van der Waals surface area contributed by atoms with E-state index in [-0.39, 0.29) is 47.3 Å². The quantitative estimate of drug-likeness (QED) is 0.252. The fourth-order valence-electron chi connectivity index (χ4n) is 5.84. The van der Waals surface area contributed by atoms with E-state index in [9.17, 15) is 50.6 Å². The van der Waals surface area contributed by atoms with Crippen molar-refractivity contribution in [3.05, 3.63) is 63.6 Å². The first-order chi connectivity index (χ1) is 20.6. The number of alkyl halides is 6. The van der Waals surface area contributed by atoms with Crippen molar-refractivity contribution in [1.29, 1.82) is 0 Å². The summed E-state index contributed by atoms with van der Waals surface area (Å²) in [6.45, 7) is -0.298.